The minimum atomic E-state index is -0.259. The molecule has 0 amide bonds. The van der Waals surface area contributed by atoms with E-state index in [0.29, 0.717) is 5.11 Å². The van der Waals surface area contributed by atoms with Gasteiger partial charge in [-0.2, -0.15) is 0 Å². The van der Waals surface area contributed by atoms with E-state index < -0.39 is 0 Å². The van der Waals surface area contributed by atoms with Crippen LogP contribution in [0.2, 0.25) is 0 Å². The zero-order chi connectivity index (χ0) is 15.5. The first-order valence-electron chi connectivity index (χ1n) is 7.01. The van der Waals surface area contributed by atoms with Gasteiger partial charge in [0, 0.05) is 11.4 Å². The molecule has 5 heteroatoms. The molecule has 2 aromatic rings. The molecule has 0 saturated heterocycles. The van der Waals surface area contributed by atoms with Crippen LogP contribution in [-0.2, 0) is 9.53 Å². The Morgan fingerprint density at radius 3 is 2.59 bits per heavy atom. The second-order valence-electron chi connectivity index (χ2n) is 5.02. The molecule has 0 aromatic heterocycles. The number of anilines is 2. The Morgan fingerprint density at radius 2 is 1.86 bits per heavy atom. The van der Waals surface area contributed by atoms with E-state index in [2.05, 4.69) is 5.32 Å². The first kappa shape index (κ1) is 14.5. The van der Waals surface area contributed by atoms with Crippen LogP contribution in [-0.4, -0.2) is 18.2 Å². The molecule has 1 atom stereocenters. The molecule has 0 saturated carbocycles. The average molecular weight is 312 g/mol. The lowest BCUT2D eigenvalue weighted by Crippen LogP contribution is -2.43. The summed E-state index contributed by atoms with van der Waals surface area (Å²) in [5, 5.41) is 3.82. The molecule has 3 rings (SSSR count). The van der Waals surface area contributed by atoms with Crippen molar-refractivity contribution in [2.24, 2.45) is 0 Å². The molecule has 0 bridgehead atoms. The number of fused-ring (bicyclic) bond motifs is 1. The van der Waals surface area contributed by atoms with E-state index in [1.165, 1.54) is 7.11 Å². The molecule has 22 heavy (non-hydrogen) atoms. The van der Waals surface area contributed by atoms with Gasteiger partial charge in [0.25, 0.3) is 0 Å². The number of carbonyl (C=O) groups is 1. The number of carbonyl (C=O) groups excluding carboxylic acids is 1. The van der Waals surface area contributed by atoms with Crippen molar-refractivity contribution in [1.82, 2.24) is 0 Å². The lowest BCUT2D eigenvalue weighted by molar-refractivity contribution is -0.141. The lowest BCUT2D eigenvalue weighted by Gasteiger charge is -2.39. The Balaban J connectivity index is 2.07. The number of hydrogen-bond acceptors (Lipinski definition) is 3. The fourth-order valence-corrected chi connectivity index (χ4v) is 3.03. The maximum atomic E-state index is 11.9. The summed E-state index contributed by atoms with van der Waals surface area (Å²) in [5.41, 5.74) is 2.92. The van der Waals surface area contributed by atoms with E-state index in [-0.39, 0.29) is 18.4 Å². The highest BCUT2D eigenvalue weighted by Crippen LogP contribution is 2.38. The van der Waals surface area contributed by atoms with Crippen LogP contribution in [0.4, 0.5) is 11.4 Å². The third-order valence-corrected chi connectivity index (χ3v) is 4.01. The lowest BCUT2D eigenvalue weighted by atomic mass is 9.97. The second kappa shape index (κ2) is 6.15. The van der Waals surface area contributed by atoms with E-state index in [4.69, 9.17) is 17.0 Å². The first-order valence-corrected chi connectivity index (χ1v) is 7.42. The Bertz CT molecular complexity index is 703. The van der Waals surface area contributed by atoms with Crippen molar-refractivity contribution >= 4 is 34.7 Å². The van der Waals surface area contributed by atoms with Crippen molar-refractivity contribution in [1.29, 1.82) is 0 Å². The van der Waals surface area contributed by atoms with E-state index >= 15 is 0 Å². The third-order valence-electron chi connectivity index (χ3n) is 3.71. The fourth-order valence-electron chi connectivity index (χ4n) is 2.69. The minimum Gasteiger partial charge on any atom is -0.469 e. The molecule has 0 fully saturated rings. The summed E-state index contributed by atoms with van der Waals surface area (Å²) in [7, 11) is 1.40. The highest BCUT2D eigenvalue weighted by Gasteiger charge is 2.32. The number of hydrogen-bond donors (Lipinski definition) is 1. The third kappa shape index (κ3) is 2.67. The van der Waals surface area contributed by atoms with Crippen LogP contribution in [0.3, 0.4) is 0 Å². The molecule has 0 radical (unpaired) electrons. The van der Waals surface area contributed by atoms with Gasteiger partial charge in [0.1, 0.15) is 0 Å². The van der Waals surface area contributed by atoms with Crippen molar-refractivity contribution in [2.45, 2.75) is 12.5 Å². The minimum absolute atomic E-state index is 0.181. The highest BCUT2D eigenvalue weighted by molar-refractivity contribution is 7.80. The zero-order valence-corrected chi connectivity index (χ0v) is 13.0. The molecule has 2 aromatic carbocycles. The summed E-state index contributed by atoms with van der Waals surface area (Å²) in [5.74, 6) is -0.259. The van der Waals surface area contributed by atoms with E-state index in [0.717, 1.165) is 16.9 Å². The van der Waals surface area contributed by atoms with Crippen molar-refractivity contribution < 1.29 is 9.53 Å². The van der Waals surface area contributed by atoms with Crippen molar-refractivity contribution in [3.63, 3.8) is 0 Å². The van der Waals surface area contributed by atoms with E-state index in [1.807, 2.05) is 59.5 Å². The van der Waals surface area contributed by atoms with Crippen LogP contribution in [0.25, 0.3) is 0 Å². The number of para-hydroxylation sites is 2. The van der Waals surface area contributed by atoms with Gasteiger partial charge in [-0.15, -0.1) is 0 Å². The van der Waals surface area contributed by atoms with Crippen molar-refractivity contribution in [2.75, 3.05) is 17.3 Å². The predicted octanol–water partition coefficient (Wildman–Crippen LogP) is 3.51. The molecule has 1 N–H and O–H groups in total. The second-order valence-corrected chi connectivity index (χ2v) is 5.41. The van der Waals surface area contributed by atoms with Crippen LogP contribution < -0.4 is 10.2 Å². The van der Waals surface area contributed by atoms with E-state index in [9.17, 15) is 4.79 Å². The average Bonchev–Trinajstić information content (AvgIpc) is 2.55. The maximum absolute atomic E-state index is 11.9. The summed E-state index contributed by atoms with van der Waals surface area (Å²) in [6.07, 6.45) is 0.240. The standard InChI is InChI=1S/C17H16N2O2S/c1-21-16(20)11-15-13-9-5-6-10-14(13)18-17(22)19(15)12-7-3-2-4-8-12/h2-10,15H,11H2,1H3,(H,18,22)/t15-/m1/s1. The Morgan fingerprint density at radius 1 is 1.18 bits per heavy atom. The quantitative estimate of drug-likeness (QED) is 0.694. The molecule has 4 nitrogen and oxygen atoms in total. The summed E-state index contributed by atoms with van der Waals surface area (Å²) < 4.78 is 4.86. The molecule has 1 heterocycles. The number of methoxy groups -OCH3 is 1. The summed E-state index contributed by atoms with van der Waals surface area (Å²) in [6.45, 7) is 0. The SMILES string of the molecule is COC(=O)C[C@@H]1c2ccccc2NC(=S)N1c1ccccc1. The number of esters is 1. The highest BCUT2D eigenvalue weighted by atomic mass is 32.1. The normalized spacial score (nSPS) is 16.7. The first-order chi connectivity index (χ1) is 10.7. The van der Waals surface area contributed by atoms with Crippen LogP contribution in [0.5, 0.6) is 0 Å². The van der Waals surface area contributed by atoms with Gasteiger partial charge in [-0.25, -0.2) is 0 Å². The molecule has 1 aliphatic rings. The fraction of sp³-hybridized carbons (Fsp3) is 0.176. The number of rotatable bonds is 3. The molecular formula is C17H16N2O2S. The molecule has 112 valence electrons. The summed E-state index contributed by atoms with van der Waals surface area (Å²) in [4.78, 5) is 13.8. The number of benzene rings is 2. The molecular weight excluding hydrogens is 296 g/mol. The van der Waals surface area contributed by atoms with Gasteiger partial charge in [0.05, 0.1) is 19.6 Å². The van der Waals surface area contributed by atoms with Crippen LogP contribution in [0, 0.1) is 0 Å². The smallest absolute Gasteiger partial charge is 0.307 e. The van der Waals surface area contributed by atoms with Crippen LogP contribution in [0.15, 0.2) is 54.6 Å². The predicted molar refractivity (Wildman–Crippen MR) is 91.0 cm³/mol. The van der Waals surface area contributed by atoms with Gasteiger partial charge >= 0.3 is 5.97 Å². The van der Waals surface area contributed by atoms with Gasteiger partial charge < -0.3 is 15.0 Å². The van der Waals surface area contributed by atoms with Gasteiger partial charge in [0.2, 0.25) is 0 Å². The van der Waals surface area contributed by atoms with Gasteiger partial charge in [-0.1, -0.05) is 36.4 Å². The van der Waals surface area contributed by atoms with E-state index in [1.54, 1.807) is 0 Å². The Hall–Kier alpha value is -2.40. The number of ether oxygens (including phenoxy) is 1. The van der Waals surface area contributed by atoms with Crippen LogP contribution >= 0.6 is 12.2 Å². The molecule has 0 aliphatic carbocycles. The molecule has 0 spiro atoms. The largest absolute Gasteiger partial charge is 0.469 e. The van der Waals surface area contributed by atoms with Crippen molar-refractivity contribution in [3.8, 4) is 0 Å². The van der Waals surface area contributed by atoms with Crippen molar-refractivity contribution in [3.05, 3.63) is 60.2 Å². The van der Waals surface area contributed by atoms with Gasteiger partial charge in [0.15, 0.2) is 5.11 Å². The van der Waals surface area contributed by atoms with Crippen LogP contribution in [0.1, 0.15) is 18.0 Å². The summed E-state index contributed by atoms with van der Waals surface area (Å²) in [6, 6.07) is 17.5. The molecule has 0 unspecified atom stereocenters. The molecule has 1 aliphatic heterocycles. The topological polar surface area (TPSA) is 41.6 Å². The monoisotopic (exact) mass is 312 g/mol. The van der Waals surface area contributed by atoms with Gasteiger partial charge in [-0.3, -0.25) is 4.79 Å². The number of thiocarbonyl (C=S) groups is 1. The number of nitrogens with zero attached hydrogens (tertiary/aromatic N) is 1. The summed E-state index contributed by atoms with van der Waals surface area (Å²) >= 11 is 5.51. The Labute approximate surface area is 134 Å². The zero-order valence-electron chi connectivity index (χ0n) is 12.2. The van der Waals surface area contributed by atoms with Gasteiger partial charge in [-0.05, 0) is 36.0 Å². The number of nitrogens with one attached hydrogen (secondary N) is 1. The maximum Gasteiger partial charge on any atom is 0.307 e. The Kier molecular flexibility index (Phi) is 4.06.